The Kier molecular flexibility index (Phi) is 7.21. The van der Waals surface area contributed by atoms with Crippen LogP contribution in [0.25, 0.3) is 11.3 Å². The fraction of sp³-hybridized carbons (Fsp3) is 0.391. The van der Waals surface area contributed by atoms with Crippen molar-refractivity contribution in [3.05, 3.63) is 59.2 Å². The third kappa shape index (κ3) is 5.35. The average molecular weight is 378 g/mol. The lowest BCUT2D eigenvalue weighted by atomic mass is 9.84. The van der Waals surface area contributed by atoms with Gasteiger partial charge in [-0.05, 0) is 36.3 Å². The van der Waals surface area contributed by atoms with Crippen LogP contribution in [0.4, 0.5) is 0 Å². The van der Waals surface area contributed by atoms with Crippen LogP contribution in [0.2, 0.25) is 0 Å². The number of nitrogens with one attached hydrogen (secondary N) is 3. The van der Waals surface area contributed by atoms with Crippen molar-refractivity contribution in [1.82, 2.24) is 15.3 Å². The van der Waals surface area contributed by atoms with E-state index in [9.17, 15) is 0 Å². The van der Waals surface area contributed by atoms with E-state index < -0.39 is 0 Å². The van der Waals surface area contributed by atoms with Gasteiger partial charge in [-0.25, -0.2) is 9.97 Å². The van der Waals surface area contributed by atoms with Crippen LogP contribution < -0.4 is 5.32 Å². The number of benzene rings is 1. The Morgan fingerprint density at radius 1 is 1.21 bits per heavy atom. The lowest BCUT2D eigenvalue weighted by Gasteiger charge is -2.22. The number of aromatic nitrogens is 2. The Morgan fingerprint density at radius 3 is 2.46 bits per heavy atom. The van der Waals surface area contributed by atoms with E-state index in [0.29, 0.717) is 16.8 Å². The molecule has 1 aromatic heterocycles. The first kappa shape index (κ1) is 21.5. The molecule has 0 bridgehead atoms. The highest BCUT2D eigenvalue weighted by Crippen LogP contribution is 2.27. The van der Waals surface area contributed by atoms with Crippen LogP contribution in [0, 0.1) is 23.2 Å². The van der Waals surface area contributed by atoms with Gasteiger partial charge < -0.3 is 10.7 Å². The molecule has 3 N–H and O–H groups in total. The highest BCUT2D eigenvalue weighted by atomic mass is 14.9. The topological polar surface area (TPSA) is 85.5 Å². The lowest BCUT2D eigenvalue weighted by molar-refractivity contribution is 0.322. The smallest absolute Gasteiger partial charge is 0.178 e. The van der Waals surface area contributed by atoms with Gasteiger partial charge in [0.05, 0.1) is 5.69 Å². The second kappa shape index (κ2) is 9.40. The van der Waals surface area contributed by atoms with Gasteiger partial charge in [0.1, 0.15) is 5.71 Å². The number of aryl methyl sites for hydroxylation is 2. The maximum Gasteiger partial charge on any atom is 0.178 e. The van der Waals surface area contributed by atoms with Gasteiger partial charge in [-0.1, -0.05) is 51.5 Å². The molecule has 0 aliphatic rings. The maximum absolute atomic E-state index is 8.30. The summed E-state index contributed by atoms with van der Waals surface area (Å²) in [5.74, 6) is 0.319. The number of hydrogen-bond acceptors (Lipinski definition) is 5. The van der Waals surface area contributed by atoms with Crippen molar-refractivity contribution in [2.45, 2.75) is 47.0 Å². The van der Waals surface area contributed by atoms with Gasteiger partial charge in [-0.15, -0.1) is 0 Å². The molecule has 0 saturated carbocycles. The van der Waals surface area contributed by atoms with E-state index in [1.165, 1.54) is 18.4 Å². The van der Waals surface area contributed by atoms with Crippen LogP contribution in [0.3, 0.4) is 0 Å². The fourth-order valence-electron chi connectivity index (χ4n) is 2.81. The Bertz CT molecular complexity index is 863. The van der Waals surface area contributed by atoms with E-state index in [2.05, 4.69) is 60.3 Å². The number of hydrogen-bond donors (Lipinski definition) is 3. The molecule has 0 spiro atoms. The first-order chi connectivity index (χ1) is 13.3. The highest BCUT2D eigenvalue weighted by molar-refractivity contribution is 6.20. The molecule has 2 aromatic rings. The molecular weight excluding hydrogens is 346 g/mol. The number of allylic oxidation sites excluding steroid dienone is 1. The molecule has 0 aliphatic heterocycles. The summed E-state index contributed by atoms with van der Waals surface area (Å²) in [7, 11) is 1.74. The molecule has 1 heterocycles. The minimum Gasteiger partial charge on any atom is -0.393 e. The van der Waals surface area contributed by atoms with Crippen molar-refractivity contribution in [1.29, 1.82) is 10.8 Å². The van der Waals surface area contributed by atoms with Gasteiger partial charge in [0, 0.05) is 36.8 Å². The monoisotopic (exact) mass is 377 g/mol. The average Bonchev–Trinajstić information content (AvgIpc) is 2.71. The summed E-state index contributed by atoms with van der Waals surface area (Å²) in [4.78, 5) is 8.91. The Labute approximate surface area is 168 Å². The van der Waals surface area contributed by atoms with Crippen molar-refractivity contribution >= 4 is 11.9 Å². The normalized spacial score (nSPS) is 12.0. The number of rotatable bonds is 9. The summed E-state index contributed by atoms with van der Waals surface area (Å²) in [5, 5.41) is 18.6. The quantitative estimate of drug-likeness (QED) is 0.541. The van der Waals surface area contributed by atoms with Crippen molar-refractivity contribution in [3.63, 3.8) is 0 Å². The second-order valence-corrected chi connectivity index (χ2v) is 7.85. The van der Waals surface area contributed by atoms with Gasteiger partial charge in [0.15, 0.2) is 5.82 Å². The zero-order valence-electron chi connectivity index (χ0n) is 17.6. The first-order valence-electron chi connectivity index (χ1n) is 9.71. The molecule has 5 nitrogen and oxygen atoms in total. The van der Waals surface area contributed by atoms with Crippen LogP contribution in [0.5, 0.6) is 0 Å². The van der Waals surface area contributed by atoms with Crippen molar-refractivity contribution in [2.24, 2.45) is 5.41 Å². The molecule has 0 amide bonds. The molecule has 0 radical (unpaired) electrons. The van der Waals surface area contributed by atoms with Crippen LogP contribution in [0.1, 0.15) is 50.6 Å². The lowest BCUT2D eigenvalue weighted by Crippen LogP contribution is -2.13. The Hall–Kier alpha value is -2.82. The standard InChI is InChI=1S/C23H31N5/c1-6-23(3,4)12-11-17-7-9-18(10-8-17)21-16(2)14-27-22(28-21)20(25)19(13-24)15-26-5/h7-10,13-15,24-26H,6,11-12H2,1-5H3/b19-15+,24-13?,25-20?. The minimum absolute atomic E-state index is 0.129. The zero-order valence-corrected chi connectivity index (χ0v) is 17.6. The van der Waals surface area contributed by atoms with Crippen molar-refractivity contribution < 1.29 is 0 Å². The molecule has 0 aliphatic carbocycles. The second-order valence-electron chi connectivity index (χ2n) is 7.85. The zero-order chi connectivity index (χ0) is 20.7. The van der Waals surface area contributed by atoms with E-state index in [1.807, 2.05) is 6.92 Å². The summed E-state index contributed by atoms with van der Waals surface area (Å²) < 4.78 is 0. The summed E-state index contributed by atoms with van der Waals surface area (Å²) in [6.07, 6.45) is 7.89. The highest BCUT2D eigenvalue weighted by Gasteiger charge is 2.15. The molecule has 0 unspecified atom stereocenters. The van der Waals surface area contributed by atoms with Crippen LogP contribution in [-0.2, 0) is 6.42 Å². The minimum atomic E-state index is 0.129. The third-order valence-corrected chi connectivity index (χ3v) is 5.21. The van der Waals surface area contributed by atoms with Gasteiger partial charge in [0.25, 0.3) is 0 Å². The summed E-state index contributed by atoms with van der Waals surface area (Å²) in [5.41, 5.74) is 5.06. The Morgan fingerprint density at radius 2 is 1.89 bits per heavy atom. The van der Waals surface area contributed by atoms with Gasteiger partial charge in [-0.2, -0.15) is 0 Å². The van der Waals surface area contributed by atoms with Gasteiger partial charge in [0.2, 0.25) is 0 Å². The van der Waals surface area contributed by atoms with Gasteiger partial charge >= 0.3 is 0 Å². The third-order valence-electron chi connectivity index (χ3n) is 5.21. The maximum atomic E-state index is 8.30. The molecule has 0 saturated heterocycles. The van der Waals surface area contributed by atoms with Gasteiger partial charge in [-0.3, -0.25) is 5.41 Å². The van der Waals surface area contributed by atoms with E-state index in [4.69, 9.17) is 10.8 Å². The van der Waals surface area contributed by atoms with E-state index in [-0.39, 0.29) is 5.71 Å². The Balaban J connectivity index is 2.27. The molecule has 0 atom stereocenters. The molecular formula is C23H31N5. The molecule has 5 heteroatoms. The molecule has 2 rings (SSSR count). The van der Waals surface area contributed by atoms with Crippen molar-refractivity contribution in [3.8, 4) is 11.3 Å². The SMILES string of the molecule is CCC(C)(C)CCc1ccc(-c2nc(C(=N)/C(C=N)=C/NC)ncc2C)cc1. The fourth-order valence-corrected chi connectivity index (χ4v) is 2.81. The van der Waals surface area contributed by atoms with E-state index in [1.54, 1.807) is 19.4 Å². The molecule has 0 fully saturated rings. The first-order valence-corrected chi connectivity index (χ1v) is 9.71. The van der Waals surface area contributed by atoms with E-state index in [0.717, 1.165) is 29.5 Å². The van der Waals surface area contributed by atoms with Crippen LogP contribution in [0.15, 0.2) is 42.2 Å². The summed E-state index contributed by atoms with van der Waals surface area (Å²) >= 11 is 0. The molecule has 28 heavy (non-hydrogen) atoms. The molecule has 1 aromatic carbocycles. The van der Waals surface area contributed by atoms with E-state index >= 15 is 0 Å². The number of nitrogens with zero attached hydrogens (tertiary/aromatic N) is 2. The van der Waals surface area contributed by atoms with Crippen molar-refractivity contribution in [2.75, 3.05) is 7.05 Å². The van der Waals surface area contributed by atoms with Crippen LogP contribution >= 0.6 is 0 Å². The summed E-state index contributed by atoms with van der Waals surface area (Å²) in [6, 6.07) is 8.52. The molecule has 148 valence electrons. The largest absolute Gasteiger partial charge is 0.393 e. The predicted molar refractivity (Wildman–Crippen MR) is 117 cm³/mol. The predicted octanol–water partition coefficient (Wildman–Crippen LogP) is 4.94. The van der Waals surface area contributed by atoms with Crippen LogP contribution in [-0.4, -0.2) is 28.9 Å². The summed E-state index contributed by atoms with van der Waals surface area (Å²) in [6.45, 7) is 8.84.